The van der Waals surface area contributed by atoms with Gasteiger partial charge in [0.25, 0.3) is 0 Å². The summed E-state index contributed by atoms with van der Waals surface area (Å²) in [5.41, 5.74) is 4.04. The number of hydrogen-bond donors (Lipinski definition) is 3. The number of fused-ring (bicyclic) bond motifs is 2. The summed E-state index contributed by atoms with van der Waals surface area (Å²) >= 11 is 0. The minimum atomic E-state index is 0.548. The van der Waals surface area contributed by atoms with Gasteiger partial charge in [-0.3, -0.25) is 5.10 Å². The van der Waals surface area contributed by atoms with Crippen molar-refractivity contribution in [1.82, 2.24) is 25.5 Å². The number of aromatic nitrogens is 4. The van der Waals surface area contributed by atoms with Gasteiger partial charge in [0.1, 0.15) is 5.82 Å². The first kappa shape index (κ1) is 15.5. The van der Waals surface area contributed by atoms with Crippen LogP contribution in [0.2, 0.25) is 0 Å². The Bertz CT molecular complexity index is 930. The lowest BCUT2D eigenvalue weighted by Crippen LogP contribution is -2.30. The first-order valence-electron chi connectivity index (χ1n) is 9.00. The summed E-state index contributed by atoms with van der Waals surface area (Å²) < 4.78 is 5.63. The molecule has 0 amide bonds. The van der Waals surface area contributed by atoms with Crippen LogP contribution in [0.4, 0.5) is 17.5 Å². The van der Waals surface area contributed by atoms with Crippen molar-refractivity contribution in [2.75, 3.05) is 36.4 Å². The summed E-state index contributed by atoms with van der Waals surface area (Å²) in [6.07, 6.45) is 2.92. The zero-order valence-corrected chi connectivity index (χ0v) is 14.5. The number of H-pyrrole nitrogens is 1. The van der Waals surface area contributed by atoms with Crippen molar-refractivity contribution in [3.05, 3.63) is 35.7 Å². The van der Waals surface area contributed by atoms with Crippen molar-refractivity contribution in [1.29, 1.82) is 0 Å². The predicted octanol–water partition coefficient (Wildman–Crippen LogP) is 1.93. The Morgan fingerprint density at radius 2 is 2.12 bits per heavy atom. The molecule has 134 valence electrons. The van der Waals surface area contributed by atoms with Crippen LogP contribution in [0.25, 0.3) is 10.9 Å². The van der Waals surface area contributed by atoms with Crippen molar-refractivity contribution in [2.45, 2.75) is 19.6 Å². The zero-order chi connectivity index (χ0) is 17.3. The quantitative estimate of drug-likeness (QED) is 0.664. The third kappa shape index (κ3) is 2.87. The van der Waals surface area contributed by atoms with Crippen molar-refractivity contribution in [3.8, 4) is 0 Å². The summed E-state index contributed by atoms with van der Waals surface area (Å²) in [7, 11) is 0. The Labute approximate surface area is 151 Å². The van der Waals surface area contributed by atoms with Crippen LogP contribution in [0.5, 0.6) is 0 Å². The van der Waals surface area contributed by atoms with E-state index in [-0.39, 0.29) is 0 Å². The van der Waals surface area contributed by atoms with Crippen LogP contribution in [-0.2, 0) is 18.0 Å². The Kier molecular flexibility index (Phi) is 3.91. The first-order chi connectivity index (χ1) is 12.9. The lowest BCUT2D eigenvalue weighted by Gasteiger charge is -2.21. The second-order valence-electron chi connectivity index (χ2n) is 6.68. The van der Waals surface area contributed by atoms with E-state index in [2.05, 4.69) is 31.8 Å². The largest absolute Gasteiger partial charge is 0.370 e. The van der Waals surface area contributed by atoms with E-state index in [1.807, 2.05) is 18.3 Å². The molecule has 1 saturated heterocycles. The number of rotatable bonds is 3. The second kappa shape index (κ2) is 6.54. The standard InChI is InChI=1S/C18H21N7O/c1-4-19-5-7-25(6-1)18-22-16-11-26-10-14(16)17(23-18)21-13-2-3-15-12(8-13)9-20-24-15/h2-3,8-9,19H,1,4-7,10-11H2,(H,20,24)(H,21,22,23). The van der Waals surface area contributed by atoms with Crippen LogP contribution in [0, 0.1) is 0 Å². The molecular formula is C18H21N7O. The molecule has 26 heavy (non-hydrogen) atoms. The molecule has 4 heterocycles. The lowest BCUT2D eigenvalue weighted by molar-refractivity contribution is 0.133. The highest BCUT2D eigenvalue weighted by molar-refractivity contribution is 5.83. The average Bonchev–Trinajstić information content (AvgIpc) is 3.24. The lowest BCUT2D eigenvalue weighted by atomic mass is 10.2. The van der Waals surface area contributed by atoms with E-state index in [0.717, 1.165) is 72.2 Å². The van der Waals surface area contributed by atoms with Crippen molar-refractivity contribution in [2.24, 2.45) is 0 Å². The topological polar surface area (TPSA) is 91.0 Å². The van der Waals surface area contributed by atoms with Gasteiger partial charge in [0.05, 0.1) is 30.6 Å². The molecule has 0 aliphatic carbocycles. The molecule has 1 fully saturated rings. The monoisotopic (exact) mass is 351 g/mol. The SMILES string of the molecule is c1cc2[nH]ncc2cc1Nc1nc(N2CCCNCC2)nc2c1COC2. The second-order valence-corrected chi connectivity index (χ2v) is 6.68. The van der Waals surface area contributed by atoms with Gasteiger partial charge in [-0.25, -0.2) is 4.98 Å². The van der Waals surface area contributed by atoms with Crippen LogP contribution in [-0.4, -0.2) is 46.3 Å². The molecule has 2 aliphatic heterocycles. The maximum atomic E-state index is 5.63. The van der Waals surface area contributed by atoms with Crippen LogP contribution in [0.3, 0.4) is 0 Å². The summed E-state index contributed by atoms with van der Waals surface area (Å²) in [4.78, 5) is 11.9. The van der Waals surface area contributed by atoms with Gasteiger partial charge in [-0.2, -0.15) is 10.1 Å². The number of benzene rings is 1. The van der Waals surface area contributed by atoms with E-state index in [4.69, 9.17) is 14.7 Å². The molecule has 2 aliphatic rings. The molecule has 0 saturated carbocycles. The third-order valence-electron chi connectivity index (χ3n) is 4.89. The van der Waals surface area contributed by atoms with Crippen LogP contribution in [0.1, 0.15) is 17.7 Å². The highest BCUT2D eigenvalue weighted by Gasteiger charge is 2.23. The van der Waals surface area contributed by atoms with Gasteiger partial charge < -0.3 is 20.3 Å². The molecule has 1 aromatic carbocycles. The Morgan fingerprint density at radius 3 is 3.12 bits per heavy atom. The van der Waals surface area contributed by atoms with Crippen LogP contribution < -0.4 is 15.5 Å². The molecule has 0 unspecified atom stereocenters. The van der Waals surface area contributed by atoms with Gasteiger partial charge in [0.2, 0.25) is 5.95 Å². The highest BCUT2D eigenvalue weighted by Crippen LogP contribution is 2.30. The minimum absolute atomic E-state index is 0.548. The van der Waals surface area contributed by atoms with Gasteiger partial charge in [0.15, 0.2) is 0 Å². The normalized spacial score (nSPS) is 17.3. The fourth-order valence-electron chi connectivity index (χ4n) is 3.49. The third-order valence-corrected chi connectivity index (χ3v) is 4.89. The molecule has 0 atom stereocenters. The molecule has 0 bridgehead atoms. The van der Waals surface area contributed by atoms with Crippen LogP contribution >= 0.6 is 0 Å². The van der Waals surface area contributed by atoms with Gasteiger partial charge >= 0.3 is 0 Å². The molecule has 2 aromatic heterocycles. The molecule has 8 nitrogen and oxygen atoms in total. The summed E-state index contributed by atoms with van der Waals surface area (Å²) in [6, 6.07) is 6.11. The minimum Gasteiger partial charge on any atom is -0.370 e. The maximum absolute atomic E-state index is 5.63. The Morgan fingerprint density at radius 1 is 1.12 bits per heavy atom. The van der Waals surface area contributed by atoms with E-state index >= 15 is 0 Å². The molecule has 8 heteroatoms. The fraction of sp³-hybridized carbons (Fsp3) is 0.389. The molecule has 0 spiro atoms. The van der Waals surface area contributed by atoms with E-state index in [9.17, 15) is 0 Å². The number of ether oxygens (including phenoxy) is 1. The van der Waals surface area contributed by atoms with Gasteiger partial charge in [0, 0.05) is 36.3 Å². The molecule has 3 N–H and O–H groups in total. The number of aromatic amines is 1. The van der Waals surface area contributed by atoms with Gasteiger partial charge in [-0.05, 0) is 31.2 Å². The summed E-state index contributed by atoms with van der Waals surface area (Å²) in [6.45, 7) is 4.98. The molecule has 0 radical (unpaired) electrons. The predicted molar refractivity (Wildman–Crippen MR) is 99.6 cm³/mol. The summed E-state index contributed by atoms with van der Waals surface area (Å²) in [5, 5.41) is 15.0. The Hall–Kier alpha value is -2.71. The first-order valence-corrected chi connectivity index (χ1v) is 9.00. The molecular weight excluding hydrogens is 330 g/mol. The number of hydrogen-bond acceptors (Lipinski definition) is 7. The zero-order valence-electron chi connectivity index (χ0n) is 14.5. The molecule has 5 rings (SSSR count). The smallest absolute Gasteiger partial charge is 0.227 e. The Balaban J connectivity index is 1.50. The number of nitrogens with one attached hydrogen (secondary N) is 3. The van der Waals surface area contributed by atoms with Crippen molar-refractivity contribution < 1.29 is 4.74 Å². The number of nitrogens with zero attached hydrogens (tertiary/aromatic N) is 4. The number of anilines is 3. The van der Waals surface area contributed by atoms with Crippen molar-refractivity contribution in [3.63, 3.8) is 0 Å². The van der Waals surface area contributed by atoms with Crippen LogP contribution in [0.15, 0.2) is 24.4 Å². The van der Waals surface area contributed by atoms with Gasteiger partial charge in [-0.1, -0.05) is 0 Å². The van der Waals surface area contributed by atoms with Crippen molar-refractivity contribution >= 4 is 28.4 Å². The van der Waals surface area contributed by atoms with E-state index < -0.39 is 0 Å². The maximum Gasteiger partial charge on any atom is 0.227 e. The van der Waals surface area contributed by atoms with E-state index in [1.54, 1.807) is 0 Å². The molecule has 3 aromatic rings. The van der Waals surface area contributed by atoms with E-state index in [0.29, 0.717) is 13.2 Å². The average molecular weight is 351 g/mol. The fourth-order valence-corrected chi connectivity index (χ4v) is 3.49. The van der Waals surface area contributed by atoms with Gasteiger partial charge in [-0.15, -0.1) is 0 Å². The summed E-state index contributed by atoms with van der Waals surface area (Å²) in [5.74, 6) is 1.62. The van der Waals surface area contributed by atoms with E-state index in [1.165, 1.54) is 0 Å². The highest BCUT2D eigenvalue weighted by atomic mass is 16.5.